The molecule has 0 aliphatic rings. The maximum atomic E-state index is 12.9. The summed E-state index contributed by atoms with van der Waals surface area (Å²) in [5, 5.41) is 0. The van der Waals surface area contributed by atoms with Crippen LogP contribution in [0.5, 0.6) is 0 Å². The van der Waals surface area contributed by atoms with Crippen molar-refractivity contribution < 1.29 is 28.6 Å². The average molecular weight is 1050 g/mol. The van der Waals surface area contributed by atoms with E-state index in [4.69, 9.17) is 14.2 Å². The molecular formula is C70H110O6. The van der Waals surface area contributed by atoms with E-state index in [9.17, 15) is 14.4 Å². The molecule has 0 aromatic rings. The van der Waals surface area contributed by atoms with Crippen LogP contribution in [-0.4, -0.2) is 37.2 Å². The van der Waals surface area contributed by atoms with Gasteiger partial charge < -0.3 is 14.2 Å². The highest BCUT2D eigenvalue weighted by Crippen LogP contribution is 2.13. The third-order valence-corrected chi connectivity index (χ3v) is 12.2. The third kappa shape index (κ3) is 59.9. The second kappa shape index (κ2) is 62.6. The first-order chi connectivity index (χ1) is 37.5. The molecule has 0 fully saturated rings. The molecule has 0 rings (SSSR count). The van der Waals surface area contributed by atoms with Gasteiger partial charge in [0.2, 0.25) is 0 Å². The molecule has 1 atom stereocenters. The normalized spacial score (nSPS) is 13.2. The fraction of sp³-hybridized carbons (Fsp3) is 0.586. The van der Waals surface area contributed by atoms with E-state index >= 15 is 0 Å². The summed E-state index contributed by atoms with van der Waals surface area (Å²) in [6, 6.07) is 0. The van der Waals surface area contributed by atoms with Crippen LogP contribution in [0, 0.1) is 0 Å². The zero-order valence-electron chi connectivity index (χ0n) is 48.7. The Labute approximate surface area is 467 Å². The number of rotatable bonds is 53. The Bertz CT molecular complexity index is 1720. The van der Waals surface area contributed by atoms with Crippen LogP contribution in [-0.2, 0) is 28.6 Å². The summed E-state index contributed by atoms with van der Waals surface area (Å²) >= 11 is 0. The first kappa shape index (κ1) is 71.0. The smallest absolute Gasteiger partial charge is 0.306 e. The molecule has 0 spiro atoms. The summed E-state index contributed by atoms with van der Waals surface area (Å²) in [6.07, 6.45) is 90.9. The van der Waals surface area contributed by atoms with Crippen LogP contribution < -0.4 is 0 Å². The third-order valence-electron chi connectivity index (χ3n) is 12.2. The highest BCUT2D eigenvalue weighted by atomic mass is 16.6. The van der Waals surface area contributed by atoms with Gasteiger partial charge in [-0.3, -0.25) is 14.4 Å². The summed E-state index contributed by atoms with van der Waals surface area (Å²) in [6.45, 7) is 6.30. The molecule has 6 heteroatoms. The van der Waals surface area contributed by atoms with Gasteiger partial charge in [0.25, 0.3) is 0 Å². The molecule has 0 radical (unpaired) electrons. The molecular weight excluding hydrogens is 937 g/mol. The average Bonchev–Trinajstić information content (AvgIpc) is 3.42. The molecule has 0 aromatic heterocycles. The van der Waals surface area contributed by atoms with Gasteiger partial charge >= 0.3 is 17.9 Å². The minimum absolute atomic E-state index is 0.113. The fourth-order valence-electron chi connectivity index (χ4n) is 7.72. The molecule has 0 bridgehead atoms. The Morgan fingerprint density at radius 3 is 0.829 bits per heavy atom. The molecule has 0 aliphatic carbocycles. The summed E-state index contributed by atoms with van der Waals surface area (Å²) in [5.41, 5.74) is 0. The van der Waals surface area contributed by atoms with Crippen molar-refractivity contribution in [1.29, 1.82) is 0 Å². The highest BCUT2D eigenvalue weighted by molar-refractivity contribution is 5.71. The lowest BCUT2D eigenvalue weighted by molar-refractivity contribution is -0.167. The molecule has 0 amide bonds. The van der Waals surface area contributed by atoms with E-state index < -0.39 is 6.10 Å². The van der Waals surface area contributed by atoms with Crippen LogP contribution in [0.2, 0.25) is 0 Å². The minimum Gasteiger partial charge on any atom is -0.462 e. The van der Waals surface area contributed by atoms with Gasteiger partial charge in [-0.05, 0) is 141 Å². The van der Waals surface area contributed by atoms with Gasteiger partial charge in [-0.25, -0.2) is 0 Å². The standard InChI is InChI=1S/C70H110O6/c1-4-7-10-13-16-19-22-25-28-30-32-34-35-37-38-40-42-45-48-51-54-57-60-63-69(72)75-66-67(65-74-68(71)62-59-56-53-50-47-44-27-24-21-18-15-12-9-6-3)76-70(73)64-61-58-55-52-49-46-43-41-39-36-33-31-29-26-23-20-17-14-11-8-5-2/h7-8,10-11,15-20,24-29,32-34,36-38,41,43,49,52,67H,4-6,9,12-14,21-23,30-31,35,39-40,42,44-48,50-51,53-66H2,1-3H3/b10-7-,11-8-,18-15-,19-16-,20-17-,27-24-,28-25-,29-26-,34-32-,36-33-,38-37-,43-41-,52-49-. The Kier molecular flexibility index (Phi) is 58.5. The number of hydrogen-bond acceptors (Lipinski definition) is 6. The second-order valence-electron chi connectivity index (χ2n) is 19.5. The van der Waals surface area contributed by atoms with Gasteiger partial charge in [0, 0.05) is 19.3 Å². The Morgan fingerprint density at radius 2 is 0.513 bits per heavy atom. The van der Waals surface area contributed by atoms with Gasteiger partial charge in [-0.15, -0.1) is 0 Å². The molecule has 0 saturated heterocycles. The van der Waals surface area contributed by atoms with Gasteiger partial charge in [0.1, 0.15) is 13.2 Å². The summed E-state index contributed by atoms with van der Waals surface area (Å²) < 4.78 is 16.8. The van der Waals surface area contributed by atoms with Gasteiger partial charge in [0.15, 0.2) is 6.10 Å². The lowest BCUT2D eigenvalue weighted by atomic mass is 10.1. The molecule has 76 heavy (non-hydrogen) atoms. The quantitative estimate of drug-likeness (QED) is 0.0261. The van der Waals surface area contributed by atoms with Crippen molar-refractivity contribution in [3.8, 4) is 0 Å². The summed E-state index contributed by atoms with van der Waals surface area (Å²) in [7, 11) is 0. The number of hydrogen-bond donors (Lipinski definition) is 0. The molecule has 6 nitrogen and oxygen atoms in total. The van der Waals surface area contributed by atoms with Crippen LogP contribution in [0.15, 0.2) is 158 Å². The van der Waals surface area contributed by atoms with Gasteiger partial charge in [-0.1, -0.05) is 243 Å². The largest absolute Gasteiger partial charge is 0.462 e. The number of unbranched alkanes of at least 4 members (excludes halogenated alkanes) is 16. The van der Waals surface area contributed by atoms with Crippen molar-refractivity contribution in [2.24, 2.45) is 0 Å². The van der Waals surface area contributed by atoms with Crippen molar-refractivity contribution in [3.63, 3.8) is 0 Å². The van der Waals surface area contributed by atoms with Gasteiger partial charge in [-0.2, -0.15) is 0 Å². The van der Waals surface area contributed by atoms with Crippen molar-refractivity contribution in [3.05, 3.63) is 158 Å². The maximum Gasteiger partial charge on any atom is 0.306 e. The molecule has 0 N–H and O–H groups in total. The SMILES string of the molecule is CC/C=C\C/C=C\C/C=C\C/C=C\C/C=C\C/C=C\CCCCC(=O)OC(COC(=O)CCCCCCC/C=C\C/C=C\CCCC)COC(=O)CCCCCCCCC/C=C\C/C=C\C/C=C\C/C=C\C/C=C\CC. The van der Waals surface area contributed by atoms with E-state index in [0.29, 0.717) is 19.3 Å². The molecule has 1 unspecified atom stereocenters. The molecule has 0 aliphatic heterocycles. The molecule has 426 valence electrons. The maximum absolute atomic E-state index is 12.9. The molecule has 0 saturated carbocycles. The zero-order valence-corrected chi connectivity index (χ0v) is 48.7. The summed E-state index contributed by atoms with van der Waals surface area (Å²) in [4.78, 5) is 38.3. The topological polar surface area (TPSA) is 78.9 Å². The van der Waals surface area contributed by atoms with Gasteiger partial charge in [0.05, 0.1) is 0 Å². The van der Waals surface area contributed by atoms with E-state index in [1.54, 1.807) is 0 Å². The van der Waals surface area contributed by atoms with Crippen molar-refractivity contribution in [1.82, 2.24) is 0 Å². The first-order valence-electron chi connectivity index (χ1n) is 30.5. The van der Waals surface area contributed by atoms with E-state index in [0.717, 1.165) is 154 Å². The second-order valence-corrected chi connectivity index (χ2v) is 19.5. The predicted octanol–water partition coefficient (Wildman–Crippen LogP) is 20.9. The van der Waals surface area contributed by atoms with Crippen LogP contribution in [0.25, 0.3) is 0 Å². The van der Waals surface area contributed by atoms with Crippen LogP contribution in [0.3, 0.4) is 0 Å². The highest BCUT2D eigenvalue weighted by Gasteiger charge is 2.19. The monoisotopic (exact) mass is 1050 g/mol. The molecule has 0 heterocycles. The lowest BCUT2D eigenvalue weighted by Gasteiger charge is -2.18. The minimum atomic E-state index is -0.821. The predicted molar refractivity (Wildman–Crippen MR) is 329 cm³/mol. The van der Waals surface area contributed by atoms with E-state index in [2.05, 4.69) is 179 Å². The first-order valence-corrected chi connectivity index (χ1v) is 30.5. The fourth-order valence-corrected chi connectivity index (χ4v) is 7.72. The zero-order chi connectivity index (χ0) is 55.0. The van der Waals surface area contributed by atoms with Crippen LogP contribution in [0.4, 0.5) is 0 Å². The Balaban J connectivity index is 4.51. The van der Waals surface area contributed by atoms with E-state index in [1.807, 2.05) is 0 Å². The van der Waals surface area contributed by atoms with Crippen LogP contribution >= 0.6 is 0 Å². The van der Waals surface area contributed by atoms with E-state index in [1.165, 1.54) is 44.9 Å². The summed E-state index contributed by atoms with van der Waals surface area (Å²) in [5.74, 6) is -0.987. The van der Waals surface area contributed by atoms with Crippen molar-refractivity contribution in [2.75, 3.05) is 13.2 Å². The van der Waals surface area contributed by atoms with Crippen molar-refractivity contribution >= 4 is 17.9 Å². The van der Waals surface area contributed by atoms with E-state index in [-0.39, 0.29) is 37.5 Å². The number of ether oxygens (including phenoxy) is 3. The van der Waals surface area contributed by atoms with Crippen LogP contribution in [0.1, 0.15) is 245 Å². The Hall–Kier alpha value is -4.97. The van der Waals surface area contributed by atoms with Crippen molar-refractivity contribution in [2.45, 2.75) is 252 Å². The Morgan fingerprint density at radius 1 is 0.276 bits per heavy atom. The number of allylic oxidation sites excluding steroid dienone is 26. The number of esters is 3. The lowest BCUT2D eigenvalue weighted by Crippen LogP contribution is -2.30. The molecule has 0 aromatic carbocycles. The number of carbonyl (C=O) groups is 3. The number of carbonyl (C=O) groups excluding carboxylic acids is 3.